The summed E-state index contributed by atoms with van der Waals surface area (Å²) in [6.45, 7) is 2.59. The number of hydrogen-bond acceptors (Lipinski definition) is 2. The largest absolute Gasteiger partial charge is 0.489 e. The Hall–Kier alpha value is -3.33. The highest BCUT2D eigenvalue weighted by atomic mass is 16.5. The first-order chi connectivity index (χ1) is 13.2. The van der Waals surface area contributed by atoms with Gasteiger partial charge >= 0.3 is 0 Å². The highest BCUT2D eigenvalue weighted by Crippen LogP contribution is 2.17. The molecule has 3 aromatic rings. The Morgan fingerprint density at radius 2 is 1.74 bits per heavy atom. The second kappa shape index (κ2) is 9.39. The molecule has 3 nitrogen and oxygen atoms in total. The van der Waals surface area contributed by atoms with Gasteiger partial charge in [0.25, 0.3) is 0 Å². The molecule has 0 aliphatic rings. The standard InChI is InChI=1S/C24H23NO2/c1-2-21-12-6-7-14-23(21)25-24(26)16-15-19-11-8-13-22(17-19)27-18-20-9-4-3-5-10-20/h3-17H,2,18H2,1H3,(H,25,26)/b16-15+. The summed E-state index contributed by atoms with van der Waals surface area (Å²) in [4.78, 5) is 12.2. The minimum absolute atomic E-state index is 0.147. The van der Waals surface area contributed by atoms with E-state index in [1.54, 1.807) is 12.2 Å². The molecule has 0 aromatic heterocycles. The van der Waals surface area contributed by atoms with Crippen LogP contribution in [0.25, 0.3) is 6.08 Å². The van der Waals surface area contributed by atoms with Crippen molar-refractivity contribution < 1.29 is 9.53 Å². The van der Waals surface area contributed by atoms with Crippen molar-refractivity contribution in [2.24, 2.45) is 0 Å². The number of carbonyl (C=O) groups is 1. The van der Waals surface area contributed by atoms with Gasteiger partial charge in [-0.25, -0.2) is 0 Å². The lowest BCUT2D eigenvalue weighted by molar-refractivity contribution is -0.111. The number of nitrogens with one attached hydrogen (secondary N) is 1. The molecule has 0 saturated heterocycles. The Bertz CT molecular complexity index is 916. The summed E-state index contributed by atoms with van der Waals surface area (Å²) in [7, 11) is 0. The maximum absolute atomic E-state index is 12.2. The van der Waals surface area contributed by atoms with E-state index in [0.717, 1.165) is 34.5 Å². The van der Waals surface area contributed by atoms with Gasteiger partial charge in [-0.3, -0.25) is 4.79 Å². The molecule has 0 aliphatic heterocycles. The van der Waals surface area contributed by atoms with Crippen LogP contribution in [0.3, 0.4) is 0 Å². The van der Waals surface area contributed by atoms with Crippen LogP contribution < -0.4 is 10.1 Å². The second-order valence-corrected chi connectivity index (χ2v) is 6.18. The van der Waals surface area contributed by atoms with Crippen LogP contribution in [0.15, 0.2) is 84.9 Å². The summed E-state index contributed by atoms with van der Waals surface area (Å²) >= 11 is 0. The third-order valence-corrected chi connectivity index (χ3v) is 4.19. The minimum atomic E-state index is -0.147. The Kier molecular flexibility index (Phi) is 6.42. The van der Waals surface area contributed by atoms with E-state index in [-0.39, 0.29) is 5.91 Å². The Balaban J connectivity index is 1.60. The molecule has 1 amide bonds. The van der Waals surface area contributed by atoms with Gasteiger partial charge in [0.2, 0.25) is 5.91 Å². The number of hydrogen-bond donors (Lipinski definition) is 1. The Labute approximate surface area is 160 Å². The van der Waals surface area contributed by atoms with Gasteiger partial charge < -0.3 is 10.1 Å². The van der Waals surface area contributed by atoms with E-state index < -0.39 is 0 Å². The number of amides is 1. The average molecular weight is 357 g/mol. The van der Waals surface area contributed by atoms with Crippen LogP contribution in [0, 0.1) is 0 Å². The predicted octanol–water partition coefficient (Wildman–Crippen LogP) is 5.48. The van der Waals surface area contributed by atoms with E-state index >= 15 is 0 Å². The topological polar surface area (TPSA) is 38.3 Å². The normalized spacial score (nSPS) is 10.7. The molecule has 0 heterocycles. The van der Waals surface area contributed by atoms with Crippen molar-refractivity contribution in [1.82, 2.24) is 0 Å². The predicted molar refractivity (Wildman–Crippen MR) is 111 cm³/mol. The van der Waals surface area contributed by atoms with Gasteiger partial charge in [0.05, 0.1) is 0 Å². The number of rotatable bonds is 7. The summed E-state index contributed by atoms with van der Waals surface area (Å²) in [6, 6.07) is 25.6. The number of benzene rings is 3. The van der Waals surface area contributed by atoms with Crippen molar-refractivity contribution in [3.05, 3.63) is 102 Å². The van der Waals surface area contributed by atoms with Gasteiger partial charge in [-0.1, -0.05) is 67.6 Å². The van der Waals surface area contributed by atoms with Crippen LogP contribution in [0.5, 0.6) is 5.75 Å². The summed E-state index contributed by atoms with van der Waals surface area (Å²) in [6.07, 6.45) is 4.21. The summed E-state index contributed by atoms with van der Waals surface area (Å²) in [5, 5.41) is 2.94. The molecular weight excluding hydrogens is 334 g/mol. The highest BCUT2D eigenvalue weighted by molar-refractivity contribution is 6.02. The molecule has 0 atom stereocenters. The molecular formula is C24H23NO2. The SMILES string of the molecule is CCc1ccccc1NC(=O)/C=C/c1cccc(OCc2ccccc2)c1. The Morgan fingerprint density at radius 3 is 2.56 bits per heavy atom. The average Bonchev–Trinajstić information content (AvgIpc) is 2.72. The van der Waals surface area contributed by atoms with Crippen LogP contribution >= 0.6 is 0 Å². The third kappa shape index (κ3) is 5.58. The smallest absolute Gasteiger partial charge is 0.248 e. The van der Waals surface area contributed by atoms with Crippen molar-refractivity contribution in [2.45, 2.75) is 20.0 Å². The van der Waals surface area contributed by atoms with Gasteiger partial charge in [0.1, 0.15) is 12.4 Å². The Morgan fingerprint density at radius 1 is 0.963 bits per heavy atom. The van der Waals surface area contributed by atoms with Crippen LogP contribution in [0.4, 0.5) is 5.69 Å². The van der Waals surface area contributed by atoms with Gasteiger partial charge in [-0.2, -0.15) is 0 Å². The molecule has 3 heteroatoms. The molecule has 3 aromatic carbocycles. The zero-order valence-corrected chi connectivity index (χ0v) is 15.4. The maximum Gasteiger partial charge on any atom is 0.248 e. The maximum atomic E-state index is 12.2. The van der Waals surface area contributed by atoms with Crippen molar-refractivity contribution in [3.8, 4) is 5.75 Å². The van der Waals surface area contributed by atoms with E-state index in [1.807, 2.05) is 78.9 Å². The minimum Gasteiger partial charge on any atom is -0.489 e. The lowest BCUT2D eigenvalue weighted by atomic mass is 10.1. The van der Waals surface area contributed by atoms with Gasteiger partial charge in [-0.15, -0.1) is 0 Å². The molecule has 0 bridgehead atoms. The number of aryl methyl sites for hydroxylation is 1. The molecule has 3 rings (SSSR count). The second-order valence-electron chi connectivity index (χ2n) is 6.18. The summed E-state index contributed by atoms with van der Waals surface area (Å²) in [5.74, 6) is 0.629. The monoisotopic (exact) mass is 357 g/mol. The molecule has 136 valence electrons. The fraction of sp³-hybridized carbons (Fsp3) is 0.125. The first-order valence-electron chi connectivity index (χ1n) is 9.08. The first-order valence-corrected chi connectivity index (χ1v) is 9.08. The lowest BCUT2D eigenvalue weighted by Crippen LogP contribution is -2.09. The fourth-order valence-corrected chi connectivity index (χ4v) is 2.75. The molecule has 27 heavy (non-hydrogen) atoms. The van der Waals surface area contributed by atoms with Gasteiger partial charge in [0, 0.05) is 11.8 Å². The summed E-state index contributed by atoms with van der Waals surface area (Å²) < 4.78 is 5.83. The highest BCUT2D eigenvalue weighted by Gasteiger charge is 2.03. The van der Waals surface area contributed by atoms with Crippen LogP contribution in [-0.4, -0.2) is 5.91 Å². The molecule has 0 fully saturated rings. The molecule has 0 saturated carbocycles. The molecule has 0 radical (unpaired) electrons. The lowest BCUT2D eigenvalue weighted by Gasteiger charge is -2.08. The zero-order chi connectivity index (χ0) is 18.9. The van der Waals surface area contributed by atoms with E-state index in [0.29, 0.717) is 6.61 Å². The van der Waals surface area contributed by atoms with Crippen molar-refractivity contribution in [2.75, 3.05) is 5.32 Å². The number of anilines is 1. The number of para-hydroxylation sites is 1. The van der Waals surface area contributed by atoms with Crippen LogP contribution in [0.2, 0.25) is 0 Å². The quantitative estimate of drug-likeness (QED) is 0.569. The zero-order valence-electron chi connectivity index (χ0n) is 15.4. The third-order valence-electron chi connectivity index (χ3n) is 4.19. The van der Waals surface area contributed by atoms with Crippen molar-refractivity contribution in [3.63, 3.8) is 0 Å². The van der Waals surface area contributed by atoms with E-state index in [9.17, 15) is 4.79 Å². The van der Waals surface area contributed by atoms with E-state index in [2.05, 4.69) is 12.2 Å². The molecule has 1 N–H and O–H groups in total. The van der Waals surface area contributed by atoms with Gasteiger partial charge in [-0.05, 0) is 47.4 Å². The van der Waals surface area contributed by atoms with Crippen LogP contribution in [0.1, 0.15) is 23.6 Å². The van der Waals surface area contributed by atoms with Gasteiger partial charge in [0.15, 0.2) is 0 Å². The number of carbonyl (C=O) groups excluding carboxylic acids is 1. The van der Waals surface area contributed by atoms with E-state index in [1.165, 1.54) is 0 Å². The molecule has 0 spiro atoms. The van der Waals surface area contributed by atoms with Crippen molar-refractivity contribution in [1.29, 1.82) is 0 Å². The van der Waals surface area contributed by atoms with Crippen LogP contribution in [-0.2, 0) is 17.8 Å². The number of ether oxygens (including phenoxy) is 1. The summed E-state index contributed by atoms with van der Waals surface area (Å²) in [5.41, 5.74) is 4.01. The van der Waals surface area contributed by atoms with E-state index in [4.69, 9.17) is 4.74 Å². The molecule has 0 aliphatic carbocycles. The fourth-order valence-electron chi connectivity index (χ4n) is 2.75. The first kappa shape index (κ1) is 18.5. The molecule has 0 unspecified atom stereocenters. The van der Waals surface area contributed by atoms with Crippen molar-refractivity contribution >= 4 is 17.7 Å².